The minimum absolute atomic E-state index is 0.0291. The zero-order chi connectivity index (χ0) is 13.0. The number of hydrogen-bond donors (Lipinski definition) is 1. The van der Waals surface area contributed by atoms with E-state index in [1.54, 1.807) is 4.90 Å². The number of carbonyl (C=O) groups excluding carboxylic acids is 2. The molecular formula is C13H22N2O2S. The summed E-state index contributed by atoms with van der Waals surface area (Å²) in [4.78, 5) is 25.9. The number of carbonyl (C=O) groups is 2. The number of nitrogens with zero attached hydrogens (tertiary/aromatic N) is 1. The Morgan fingerprint density at radius 1 is 1.17 bits per heavy atom. The van der Waals surface area contributed by atoms with Gasteiger partial charge in [0.1, 0.15) is 0 Å². The Bertz CT molecular complexity index is 314. The summed E-state index contributed by atoms with van der Waals surface area (Å²) in [5.41, 5.74) is 5.45. The largest absolute Gasteiger partial charge is 0.330 e. The van der Waals surface area contributed by atoms with Crippen LogP contribution in [-0.4, -0.2) is 40.3 Å². The molecule has 1 unspecified atom stereocenters. The summed E-state index contributed by atoms with van der Waals surface area (Å²) >= 11 is 1.53. The standard InChI is InChI=1S/C13H22N2O2S/c14-7-8-18-11-9-12(16)15(13(11)17)10-5-3-1-2-4-6-10/h10-11H,1-9,14H2. The number of amides is 2. The second kappa shape index (κ2) is 6.57. The van der Waals surface area contributed by atoms with E-state index in [9.17, 15) is 9.59 Å². The molecule has 1 heterocycles. The van der Waals surface area contributed by atoms with Crippen LogP contribution in [0.4, 0.5) is 0 Å². The van der Waals surface area contributed by atoms with Crippen molar-refractivity contribution < 1.29 is 9.59 Å². The third kappa shape index (κ3) is 3.06. The second-order valence-corrected chi connectivity index (χ2v) is 6.41. The first-order valence-corrected chi connectivity index (χ1v) is 7.96. The lowest BCUT2D eigenvalue weighted by Crippen LogP contribution is -2.40. The van der Waals surface area contributed by atoms with Gasteiger partial charge in [-0.05, 0) is 12.8 Å². The van der Waals surface area contributed by atoms with Gasteiger partial charge in [0.2, 0.25) is 11.8 Å². The molecule has 2 aliphatic rings. The average molecular weight is 270 g/mol. The van der Waals surface area contributed by atoms with E-state index < -0.39 is 0 Å². The maximum absolute atomic E-state index is 12.3. The lowest BCUT2D eigenvalue weighted by molar-refractivity contribution is -0.141. The van der Waals surface area contributed by atoms with E-state index in [-0.39, 0.29) is 23.1 Å². The summed E-state index contributed by atoms with van der Waals surface area (Å²) in [6, 6.07) is 0.163. The van der Waals surface area contributed by atoms with Crippen LogP contribution in [0.1, 0.15) is 44.9 Å². The highest BCUT2D eigenvalue weighted by Gasteiger charge is 2.42. The van der Waals surface area contributed by atoms with Crippen LogP contribution < -0.4 is 5.73 Å². The Morgan fingerprint density at radius 2 is 1.83 bits per heavy atom. The molecule has 1 aliphatic heterocycles. The van der Waals surface area contributed by atoms with Crippen LogP contribution in [0.2, 0.25) is 0 Å². The summed E-state index contributed by atoms with van der Waals surface area (Å²) in [5, 5.41) is -0.177. The molecule has 2 N–H and O–H groups in total. The highest BCUT2D eigenvalue weighted by molar-refractivity contribution is 8.00. The van der Waals surface area contributed by atoms with Crippen molar-refractivity contribution in [2.24, 2.45) is 5.73 Å². The molecule has 0 aromatic rings. The summed E-state index contributed by atoms with van der Waals surface area (Å²) in [5.74, 6) is 0.814. The van der Waals surface area contributed by atoms with Gasteiger partial charge in [-0.3, -0.25) is 14.5 Å². The van der Waals surface area contributed by atoms with Gasteiger partial charge in [0.15, 0.2) is 0 Å². The highest BCUT2D eigenvalue weighted by Crippen LogP contribution is 2.31. The second-order valence-electron chi connectivity index (χ2n) is 5.10. The molecule has 0 spiro atoms. The summed E-state index contributed by atoms with van der Waals surface area (Å²) in [7, 11) is 0. The predicted octanol–water partition coefficient (Wildman–Crippen LogP) is 1.53. The Morgan fingerprint density at radius 3 is 2.44 bits per heavy atom. The monoisotopic (exact) mass is 270 g/mol. The van der Waals surface area contributed by atoms with E-state index in [1.165, 1.54) is 24.6 Å². The quantitative estimate of drug-likeness (QED) is 0.621. The fourth-order valence-electron chi connectivity index (χ4n) is 2.86. The number of imide groups is 1. The first-order chi connectivity index (χ1) is 8.74. The fourth-order valence-corrected chi connectivity index (χ4v) is 3.80. The van der Waals surface area contributed by atoms with Crippen LogP contribution >= 0.6 is 11.8 Å². The molecule has 5 heteroatoms. The Hall–Kier alpha value is -0.550. The zero-order valence-corrected chi connectivity index (χ0v) is 11.6. The van der Waals surface area contributed by atoms with E-state index >= 15 is 0 Å². The minimum Gasteiger partial charge on any atom is -0.330 e. The van der Waals surface area contributed by atoms with Crippen molar-refractivity contribution in [1.82, 2.24) is 4.90 Å². The van der Waals surface area contributed by atoms with E-state index in [2.05, 4.69) is 0 Å². The Kier molecular flexibility index (Phi) is 5.06. The normalized spacial score (nSPS) is 26.7. The molecule has 0 aromatic heterocycles. The molecule has 0 aromatic carbocycles. The molecule has 2 rings (SSSR count). The minimum atomic E-state index is -0.177. The fraction of sp³-hybridized carbons (Fsp3) is 0.846. The van der Waals surface area contributed by atoms with Crippen LogP contribution in [-0.2, 0) is 9.59 Å². The molecule has 18 heavy (non-hydrogen) atoms. The van der Waals surface area contributed by atoms with Gasteiger partial charge >= 0.3 is 0 Å². The Balaban J connectivity index is 1.99. The van der Waals surface area contributed by atoms with Gasteiger partial charge in [-0.2, -0.15) is 0 Å². The first-order valence-electron chi connectivity index (χ1n) is 6.91. The van der Waals surface area contributed by atoms with Gasteiger partial charge in [-0.25, -0.2) is 0 Å². The van der Waals surface area contributed by atoms with Crippen molar-refractivity contribution in [1.29, 1.82) is 0 Å². The van der Waals surface area contributed by atoms with Crippen LogP contribution in [0.3, 0.4) is 0 Å². The molecular weight excluding hydrogens is 248 g/mol. The van der Waals surface area contributed by atoms with Crippen LogP contribution in [0.25, 0.3) is 0 Å². The molecule has 4 nitrogen and oxygen atoms in total. The van der Waals surface area contributed by atoms with Gasteiger partial charge < -0.3 is 5.73 Å². The van der Waals surface area contributed by atoms with E-state index in [1.807, 2.05) is 0 Å². The van der Waals surface area contributed by atoms with Gasteiger partial charge in [-0.15, -0.1) is 11.8 Å². The van der Waals surface area contributed by atoms with E-state index in [4.69, 9.17) is 5.73 Å². The van der Waals surface area contributed by atoms with Gasteiger partial charge in [0.05, 0.1) is 5.25 Å². The van der Waals surface area contributed by atoms with Crippen molar-refractivity contribution in [2.45, 2.75) is 56.2 Å². The molecule has 0 bridgehead atoms. The summed E-state index contributed by atoms with van der Waals surface area (Å²) < 4.78 is 0. The van der Waals surface area contributed by atoms with Gasteiger partial charge in [0.25, 0.3) is 0 Å². The lowest BCUT2D eigenvalue weighted by Gasteiger charge is -2.25. The number of nitrogens with two attached hydrogens (primary N) is 1. The van der Waals surface area contributed by atoms with Crippen molar-refractivity contribution in [2.75, 3.05) is 12.3 Å². The average Bonchev–Trinajstić information content (AvgIpc) is 2.58. The molecule has 1 atom stereocenters. The molecule has 2 fully saturated rings. The summed E-state index contributed by atoms with van der Waals surface area (Å²) in [6.45, 7) is 0.562. The molecule has 0 radical (unpaired) electrons. The lowest BCUT2D eigenvalue weighted by atomic mass is 10.1. The molecule has 1 saturated heterocycles. The number of rotatable bonds is 4. The molecule has 1 aliphatic carbocycles. The van der Waals surface area contributed by atoms with Crippen LogP contribution in [0, 0.1) is 0 Å². The number of hydrogen-bond acceptors (Lipinski definition) is 4. The first kappa shape index (κ1) is 13.9. The third-order valence-corrected chi connectivity index (χ3v) is 5.01. The van der Waals surface area contributed by atoms with Crippen molar-refractivity contribution >= 4 is 23.6 Å². The smallest absolute Gasteiger partial charge is 0.243 e. The number of likely N-dealkylation sites (tertiary alicyclic amines) is 1. The van der Waals surface area contributed by atoms with Crippen LogP contribution in [0.15, 0.2) is 0 Å². The molecule has 102 valence electrons. The maximum Gasteiger partial charge on any atom is 0.243 e. The van der Waals surface area contributed by atoms with Crippen molar-refractivity contribution in [3.63, 3.8) is 0 Å². The highest BCUT2D eigenvalue weighted by atomic mass is 32.2. The van der Waals surface area contributed by atoms with Gasteiger partial charge in [-0.1, -0.05) is 25.7 Å². The van der Waals surface area contributed by atoms with E-state index in [0.29, 0.717) is 13.0 Å². The Labute approximate surface area is 113 Å². The van der Waals surface area contributed by atoms with Gasteiger partial charge in [0, 0.05) is 24.8 Å². The summed E-state index contributed by atoms with van der Waals surface area (Å²) in [6.07, 6.45) is 7.11. The molecule has 2 amide bonds. The zero-order valence-electron chi connectivity index (χ0n) is 10.8. The molecule has 1 saturated carbocycles. The SMILES string of the molecule is NCCSC1CC(=O)N(C2CCCCCC2)C1=O. The number of thioether (sulfide) groups is 1. The van der Waals surface area contributed by atoms with E-state index in [0.717, 1.165) is 31.4 Å². The topological polar surface area (TPSA) is 63.4 Å². The van der Waals surface area contributed by atoms with Crippen molar-refractivity contribution in [3.05, 3.63) is 0 Å². The van der Waals surface area contributed by atoms with Crippen molar-refractivity contribution in [3.8, 4) is 0 Å². The maximum atomic E-state index is 12.3. The third-order valence-electron chi connectivity index (χ3n) is 3.77. The predicted molar refractivity (Wildman–Crippen MR) is 73.3 cm³/mol. The van der Waals surface area contributed by atoms with Crippen LogP contribution in [0.5, 0.6) is 0 Å².